The van der Waals surface area contributed by atoms with Gasteiger partial charge in [-0.1, -0.05) is 41.9 Å². The Hall–Kier alpha value is -3.05. The van der Waals surface area contributed by atoms with Gasteiger partial charge in [0.05, 0.1) is 23.5 Å². The highest BCUT2D eigenvalue weighted by atomic mass is 35.5. The van der Waals surface area contributed by atoms with Crippen molar-refractivity contribution < 1.29 is 4.74 Å². The molecule has 124 valence electrons. The molecule has 2 heterocycles. The molecule has 0 N–H and O–H groups in total. The highest BCUT2D eigenvalue weighted by Gasteiger charge is 2.11. The molecule has 0 saturated carbocycles. The molecule has 0 radical (unpaired) electrons. The fourth-order valence-electron chi connectivity index (χ4n) is 2.74. The van der Waals surface area contributed by atoms with Crippen LogP contribution in [0, 0.1) is 0 Å². The van der Waals surface area contributed by atoms with Crippen LogP contribution in [0.25, 0.3) is 22.6 Å². The number of aromatic nitrogens is 3. The molecule has 2 aromatic heterocycles. The summed E-state index contributed by atoms with van der Waals surface area (Å²) >= 11 is 6.17. The van der Waals surface area contributed by atoms with Gasteiger partial charge in [0.15, 0.2) is 0 Å². The third-order valence-electron chi connectivity index (χ3n) is 4.00. The third kappa shape index (κ3) is 2.68. The van der Waals surface area contributed by atoms with E-state index < -0.39 is 0 Å². The fourth-order valence-corrected chi connectivity index (χ4v) is 2.99. The molecule has 0 fully saturated rings. The van der Waals surface area contributed by atoms with E-state index in [1.165, 1.54) is 4.57 Å². The van der Waals surface area contributed by atoms with E-state index in [4.69, 9.17) is 16.3 Å². The molecular formula is C19H14ClN3O2. The topological polar surface area (TPSA) is 48.5 Å². The molecule has 0 aliphatic carbocycles. The quantitative estimate of drug-likeness (QED) is 0.564. The van der Waals surface area contributed by atoms with Crippen molar-refractivity contribution in [1.82, 2.24) is 14.0 Å². The zero-order chi connectivity index (χ0) is 17.4. The maximum Gasteiger partial charge on any atom is 0.298 e. The summed E-state index contributed by atoms with van der Waals surface area (Å²) in [5, 5.41) is 0.445. The number of methoxy groups -OCH3 is 1. The van der Waals surface area contributed by atoms with Gasteiger partial charge in [0.25, 0.3) is 5.56 Å². The molecule has 4 rings (SSSR count). The second kappa shape index (κ2) is 6.11. The minimum atomic E-state index is -0.217. The summed E-state index contributed by atoms with van der Waals surface area (Å²) in [5.74, 6) is 0.562. The van der Waals surface area contributed by atoms with Gasteiger partial charge in [0, 0.05) is 24.2 Å². The molecule has 0 bridgehead atoms. The van der Waals surface area contributed by atoms with Crippen LogP contribution in [-0.2, 0) is 0 Å². The molecule has 4 aromatic rings. The van der Waals surface area contributed by atoms with E-state index >= 15 is 0 Å². The van der Waals surface area contributed by atoms with Gasteiger partial charge in [-0.25, -0.2) is 4.98 Å². The van der Waals surface area contributed by atoms with Crippen LogP contribution in [-0.4, -0.2) is 21.1 Å². The zero-order valence-corrected chi connectivity index (χ0v) is 14.1. The maximum absolute atomic E-state index is 12.8. The van der Waals surface area contributed by atoms with Crippen molar-refractivity contribution in [2.45, 2.75) is 0 Å². The van der Waals surface area contributed by atoms with E-state index in [2.05, 4.69) is 4.98 Å². The number of ether oxygens (including phenoxy) is 1. The predicted molar refractivity (Wildman–Crippen MR) is 97.8 cm³/mol. The van der Waals surface area contributed by atoms with Crippen molar-refractivity contribution in [1.29, 1.82) is 0 Å². The van der Waals surface area contributed by atoms with Crippen LogP contribution in [0.2, 0.25) is 5.02 Å². The molecule has 0 spiro atoms. The maximum atomic E-state index is 12.8. The first kappa shape index (κ1) is 15.5. The van der Waals surface area contributed by atoms with E-state index in [1.54, 1.807) is 42.1 Å². The number of fused-ring (bicyclic) bond motifs is 1. The summed E-state index contributed by atoms with van der Waals surface area (Å²) in [4.78, 5) is 17.3. The SMILES string of the molecule is COc1ccc(-n2ccn3cc(-c4ccccc4)nc3c2=O)cc1Cl. The Kier molecular flexibility index (Phi) is 3.78. The number of nitrogens with zero attached hydrogens (tertiary/aromatic N) is 3. The highest BCUT2D eigenvalue weighted by Crippen LogP contribution is 2.26. The second-order valence-corrected chi connectivity index (χ2v) is 5.92. The molecule has 0 amide bonds. The van der Waals surface area contributed by atoms with Gasteiger partial charge in [-0.15, -0.1) is 0 Å². The first-order chi connectivity index (χ1) is 12.2. The normalized spacial score (nSPS) is 11.0. The molecule has 0 saturated heterocycles. The van der Waals surface area contributed by atoms with Crippen molar-refractivity contribution in [3.8, 4) is 22.7 Å². The molecule has 0 atom stereocenters. The van der Waals surface area contributed by atoms with Crippen molar-refractivity contribution in [2.75, 3.05) is 7.11 Å². The number of benzene rings is 2. The molecule has 5 nitrogen and oxygen atoms in total. The minimum absolute atomic E-state index is 0.217. The minimum Gasteiger partial charge on any atom is -0.495 e. The molecular weight excluding hydrogens is 338 g/mol. The number of imidazole rings is 1. The van der Waals surface area contributed by atoms with E-state index in [1.807, 2.05) is 36.5 Å². The Labute approximate surface area is 148 Å². The standard InChI is InChI=1S/C19H14ClN3O2/c1-25-17-8-7-14(11-15(17)20)23-10-9-22-12-16(21-18(22)19(23)24)13-5-3-2-4-6-13/h2-12H,1H3. The molecule has 0 aliphatic rings. The van der Waals surface area contributed by atoms with Crippen LogP contribution in [0.15, 0.2) is 71.9 Å². The second-order valence-electron chi connectivity index (χ2n) is 5.52. The van der Waals surface area contributed by atoms with Crippen molar-refractivity contribution in [3.05, 3.63) is 82.5 Å². The Morgan fingerprint density at radius 1 is 1.08 bits per heavy atom. The van der Waals surface area contributed by atoms with Crippen LogP contribution in [0.5, 0.6) is 5.75 Å². The van der Waals surface area contributed by atoms with Crippen LogP contribution >= 0.6 is 11.6 Å². The monoisotopic (exact) mass is 351 g/mol. The van der Waals surface area contributed by atoms with E-state index in [-0.39, 0.29) is 5.56 Å². The summed E-state index contributed by atoms with van der Waals surface area (Å²) in [5.41, 5.74) is 2.51. The van der Waals surface area contributed by atoms with Gasteiger partial charge in [-0.3, -0.25) is 9.36 Å². The summed E-state index contributed by atoms with van der Waals surface area (Å²) in [6.07, 6.45) is 5.34. The number of hydrogen-bond acceptors (Lipinski definition) is 3. The van der Waals surface area contributed by atoms with Crippen LogP contribution in [0.1, 0.15) is 0 Å². The predicted octanol–water partition coefficient (Wildman–Crippen LogP) is 3.81. The molecule has 2 aromatic carbocycles. The molecule has 6 heteroatoms. The van der Waals surface area contributed by atoms with Gasteiger partial charge < -0.3 is 9.14 Å². The fraction of sp³-hybridized carbons (Fsp3) is 0.0526. The summed E-state index contributed by atoms with van der Waals surface area (Å²) in [7, 11) is 1.55. The van der Waals surface area contributed by atoms with Gasteiger partial charge in [-0.05, 0) is 18.2 Å². The van der Waals surface area contributed by atoms with Gasteiger partial charge >= 0.3 is 0 Å². The Morgan fingerprint density at radius 2 is 1.88 bits per heavy atom. The first-order valence-electron chi connectivity index (χ1n) is 7.67. The zero-order valence-electron chi connectivity index (χ0n) is 13.4. The molecule has 0 unspecified atom stereocenters. The van der Waals surface area contributed by atoms with Crippen molar-refractivity contribution in [2.24, 2.45) is 0 Å². The first-order valence-corrected chi connectivity index (χ1v) is 8.05. The van der Waals surface area contributed by atoms with Gasteiger partial charge in [-0.2, -0.15) is 0 Å². The lowest BCUT2D eigenvalue weighted by Crippen LogP contribution is -2.19. The van der Waals surface area contributed by atoms with Crippen molar-refractivity contribution in [3.63, 3.8) is 0 Å². The van der Waals surface area contributed by atoms with Crippen LogP contribution in [0.3, 0.4) is 0 Å². The largest absolute Gasteiger partial charge is 0.495 e. The summed E-state index contributed by atoms with van der Waals surface area (Å²) in [6.45, 7) is 0. The van der Waals surface area contributed by atoms with Crippen LogP contribution < -0.4 is 10.3 Å². The lowest BCUT2D eigenvalue weighted by Gasteiger charge is -2.08. The highest BCUT2D eigenvalue weighted by molar-refractivity contribution is 6.32. The van der Waals surface area contributed by atoms with Crippen molar-refractivity contribution >= 4 is 17.2 Å². The number of hydrogen-bond donors (Lipinski definition) is 0. The Morgan fingerprint density at radius 3 is 2.60 bits per heavy atom. The smallest absolute Gasteiger partial charge is 0.298 e. The van der Waals surface area contributed by atoms with Gasteiger partial charge in [0.2, 0.25) is 5.65 Å². The lowest BCUT2D eigenvalue weighted by atomic mass is 10.2. The third-order valence-corrected chi connectivity index (χ3v) is 4.30. The number of halogens is 1. The van der Waals surface area contributed by atoms with E-state index in [0.29, 0.717) is 22.1 Å². The molecule has 0 aliphatic heterocycles. The lowest BCUT2D eigenvalue weighted by molar-refractivity contribution is 0.415. The van der Waals surface area contributed by atoms with E-state index in [0.717, 1.165) is 11.3 Å². The summed E-state index contributed by atoms with van der Waals surface area (Å²) < 4.78 is 8.40. The number of rotatable bonds is 3. The Balaban J connectivity index is 1.86. The average Bonchev–Trinajstić information content (AvgIpc) is 3.08. The Bertz CT molecular complexity index is 1120. The average molecular weight is 352 g/mol. The molecule has 25 heavy (non-hydrogen) atoms. The van der Waals surface area contributed by atoms with E-state index in [9.17, 15) is 4.79 Å². The summed E-state index contributed by atoms with van der Waals surface area (Å²) in [6, 6.07) is 15.0. The van der Waals surface area contributed by atoms with Crippen LogP contribution in [0.4, 0.5) is 0 Å². The van der Waals surface area contributed by atoms with Gasteiger partial charge in [0.1, 0.15) is 5.75 Å².